The molecular formula is C23H17N7O. The molecule has 0 saturated carbocycles. The Balaban J connectivity index is 1.54. The van der Waals surface area contributed by atoms with E-state index in [4.69, 9.17) is 15.0 Å². The predicted octanol–water partition coefficient (Wildman–Crippen LogP) is 3.94. The van der Waals surface area contributed by atoms with E-state index in [9.17, 15) is 0 Å². The zero-order valence-corrected chi connectivity index (χ0v) is 16.6. The summed E-state index contributed by atoms with van der Waals surface area (Å²) in [5, 5.41) is 13.3. The fourth-order valence-corrected chi connectivity index (χ4v) is 3.33. The Bertz CT molecular complexity index is 1430. The standard InChI is InChI=1S/C23H17N7O/c1-15-4-2-7-19(27-15)23-22(17-8-9-21-25-14-26-30(21)12-17)28-20(29-23)13-31-18-6-3-5-16(10-18)11-24/h2-10,12,14H,13H2,1H3,(H,28,29). The Kier molecular flexibility index (Phi) is 4.61. The van der Waals surface area contributed by atoms with Crippen molar-refractivity contribution in [1.29, 1.82) is 5.26 Å². The summed E-state index contributed by atoms with van der Waals surface area (Å²) in [7, 11) is 0. The predicted molar refractivity (Wildman–Crippen MR) is 114 cm³/mol. The van der Waals surface area contributed by atoms with E-state index in [0.29, 0.717) is 17.1 Å². The molecule has 0 aliphatic rings. The van der Waals surface area contributed by atoms with Crippen molar-refractivity contribution in [2.24, 2.45) is 0 Å². The summed E-state index contributed by atoms with van der Waals surface area (Å²) in [6.45, 7) is 2.17. The van der Waals surface area contributed by atoms with Crippen molar-refractivity contribution < 1.29 is 4.74 Å². The zero-order chi connectivity index (χ0) is 21.2. The topological polar surface area (TPSA) is 105 Å². The number of nitrogens with one attached hydrogen (secondary N) is 1. The Morgan fingerprint density at radius 2 is 2.00 bits per heavy atom. The van der Waals surface area contributed by atoms with E-state index in [1.807, 2.05) is 49.5 Å². The van der Waals surface area contributed by atoms with Crippen LogP contribution >= 0.6 is 0 Å². The molecule has 31 heavy (non-hydrogen) atoms. The number of nitrogens with zero attached hydrogens (tertiary/aromatic N) is 6. The number of hydrogen-bond acceptors (Lipinski definition) is 6. The molecule has 0 atom stereocenters. The summed E-state index contributed by atoms with van der Waals surface area (Å²) >= 11 is 0. The smallest absolute Gasteiger partial charge is 0.155 e. The van der Waals surface area contributed by atoms with Crippen molar-refractivity contribution in [1.82, 2.24) is 29.5 Å². The molecule has 5 aromatic rings. The highest BCUT2D eigenvalue weighted by atomic mass is 16.5. The van der Waals surface area contributed by atoms with Crippen LogP contribution in [0.2, 0.25) is 0 Å². The zero-order valence-electron chi connectivity index (χ0n) is 16.6. The molecule has 1 N–H and O–H groups in total. The van der Waals surface area contributed by atoms with Crippen LogP contribution in [0.5, 0.6) is 5.75 Å². The van der Waals surface area contributed by atoms with Gasteiger partial charge >= 0.3 is 0 Å². The van der Waals surface area contributed by atoms with Gasteiger partial charge in [-0.05, 0) is 49.4 Å². The molecule has 8 heteroatoms. The monoisotopic (exact) mass is 407 g/mol. The molecule has 0 aliphatic heterocycles. The van der Waals surface area contributed by atoms with Crippen LogP contribution in [0.3, 0.4) is 0 Å². The summed E-state index contributed by atoms with van der Waals surface area (Å²) in [4.78, 5) is 17.0. The van der Waals surface area contributed by atoms with Crippen LogP contribution in [-0.2, 0) is 6.61 Å². The molecule has 0 spiro atoms. The van der Waals surface area contributed by atoms with E-state index in [1.54, 1.807) is 22.7 Å². The van der Waals surface area contributed by atoms with Crippen molar-refractivity contribution in [2.75, 3.05) is 0 Å². The van der Waals surface area contributed by atoms with Crippen LogP contribution in [0.1, 0.15) is 17.1 Å². The minimum Gasteiger partial charge on any atom is -0.486 e. The number of aryl methyl sites for hydroxylation is 1. The molecule has 0 radical (unpaired) electrons. The molecule has 5 rings (SSSR count). The van der Waals surface area contributed by atoms with Crippen LogP contribution in [-0.4, -0.2) is 29.5 Å². The van der Waals surface area contributed by atoms with E-state index in [1.165, 1.54) is 6.33 Å². The number of nitriles is 1. The van der Waals surface area contributed by atoms with Crippen molar-refractivity contribution in [3.05, 3.63) is 84.2 Å². The summed E-state index contributed by atoms with van der Waals surface area (Å²) in [5.41, 5.74) is 5.44. The molecule has 0 bridgehead atoms. The second-order valence-electron chi connectivity index (χ2n) is 6.98. The van der Waals surface area contributed by atoms with Crippen molar-refractivity contribution in [3.8, 4) is 34.5 Å². The van der Waals surface area contributed by atoms with Gasteiger partial charge in [-0.1, -0.05) is 12.1 Å². The van der Waals surface area contributed by atoms with Gasteiger partial charge in [0.15, 0.2) is 5.65 Å². The van der Waals surface area contributed by atoms with Crippen LogP contribution in [0, 0.1) is 18.3 Å². The average molecular weight is 407 g/mol. The van der Waals surface area contributed by atoms with Gasteiger partial charge < -0.3 is 9.72 Å². The first-order valence-electron chi connectivity index (χ1n) is 9.65. The van der Waals surface area contributed by atoms with E-state index < -0.39 is 0 Å². The van der Waals surface area contributed by atoms with Crippen molar-refractivity contribution in [2.45, 2.75) is 13.5 Å². The number of rotatable bonds is 5. The lowest BCUT2D eigenvalue weighted by Gasteiger charge is -2.04. The molecule has 8 nitrogen and oxygen atoms in total. The van der Waals surface area contributed by atoms with Gasteiger partial charge in [0, 0.05) is 17.5 Å². The third-order valence-corrected chi connectivity index (χ3v) is 4.78. The third kappa shape index (κ3) is 3.72. The highest BCUT2D eigenvalue weighted by Gasteiger charge is 2.17. The lowest BCUT2D eigenvalue weighted by molar-refractivity contribution is 0.297. The highest BCUT2D eigenvalue weighted by molar-refractivity contribution is 5.77. The summed E-state index contributed by atoms with van der Waals surface area (Å²) in [6.07, 6.45) is 3.40. The maximum Gasteiger partial charge on any atom is 0.155 e. The molecule has 1 aromatic carbocycles. The Morgan fingerprint density at radius 3 is 2.87 bits per heavy atom. The summed E-state index contributed by atoms with van der Waals surface area (Å²) in [5.74, 6) is 1.26. The van der Waals surface area contributed by atoms with Gasteiger partial charge in [-0.25, -0.2) is 14.5 Å². The Morgan fingerprint density at radius 1 is 1.10 bits per heavy atom. The van der Waals surface area contributed by atoms with Crippen LogP contribution < -0.4 is 4.74 Å². The lowest BCUT2D eigenvalue weighted by atomic mass is 10.1. The maximum absolute atomic E-state index is 9.08. The minimum atomic E-state index is 0.221. The number of hydrogen-bond donors (Lipinski definition) is 1. The van der Waals surface area contributed by atoms with Gasteiger partial charge in [0.2, 0.25) is 0 Å². The van der Waals surface area contributed by atoms with Crippen molar-refractivity contribution in [3.63, 3.8) is 0 Å². The molecule has 0 saturated heterocycles. The number of pyridine rings is 2. The fraction of sp³-hybridized carbons (Fsp3) is 0.0870. The summed E-state index contributed by atoms with van der Waals surface area (Å²) in [6, 6.07) is 18.9. The van der Waals surface area contributed by atoms with Crippen LogP contribution in [0.25, 0.3) is 28.3 Å². The lowest BCUT2D eigenvalue weighted by Crippen LogP contribution is -1.98. The summed E-state index contributed by atoms with van der Waals surface area (Å²) < 4.78 is 7.57. The SMILES string of the molecule is Cc1cccc(-c2[nH]c(COc3cccc(C#N)c3)nc2-c2ccc3ncnn3c2)n1. The molecular weight excluding hydrogens is 390 g/mol. The van der Waals surface area contributed by atoms with Gasteiger partial charge in [0.1, 0.15) is 24.5 Å². The molecule has 0 fully saturated rings. The molecule has 0 unspecified atom stereocenters. The first-order chi connectivity index (χ1) is 15.2. The first-order valence-corrected chi connectivity index (χ1v) is 9.65. The van der Waals surface area contributed by atoms with Crippen LogP contribution in [0.15, 0.2) is 67.1 Å². The molecule has 0 aliphatic carbocycles. The van der Waals surface area contributed by atoms with Gasteiger partial charge in [0.05, 0.1) is 28.7 Å². The molecule has 4 aromatic heterocycles. The highest BCUT2D eigenvalue weighted by Crippen LogP contribution is 2.29. The number of H-pyrrole nitrogens is 1. The van der Waals surface area contributed by atoms with E-state index in [0.717, 1.165) is 34.0 Å². The number of benzene rings is 1. The quantitative estimate of drug-likeness (QED) is 0.473. The van der Waals surface area contributed by atoms with E-state index in [-0.39, 0.29) is 6.61 Å². The van der Waals surface area contributed by atoms with Gasteiger partial charge in [-0.15, -0.1) is 0 Å². The second-order valence-corrected chi connectivity index (χ2v) is 6.98. The Hall–Kier alpha value is -4.51. The number of ether oxygens (including phenoxy) is 1. The van der Waals surface area contributed by atoms with Gasteiger partial charge in [-0.3, -0.25) is 4.98 Å². The number of aromatic amines is 1. The molecule has 0 amide bonds. The number of aromatic nitrogens is 6. The second kappa shape index (κ2) is 7.72. The first kappa shape index (κ1) is 18.5. The third-order valence-electron chi connectivity index (χ3n) is 4.78. The maximum atomic E-state index is 9.08. The Labute approximate surface area is 177 Å². The fourth-order valence-electron chi connectivity index (χ4n) is 3.33. The van der Waals surface area contributed by atoms with Crippen molar-refractivity contribution >= 4 is 5.65 Å². The van der Waals surface area contributed by atoms with Crippen LogP contribution in [0.4, 0.5) is 0 Å². The average Bonchev–Trinajstić information content (AvgIpc) is 3.44. The van der Waals surface area contributed by atoms with Gasteiger partial charge in [0.25, 0.3) is 0 Å². The minimum absolute atomic E-state index is 0.221. The molecule has 150 valence electrons. The number of imidazole rings is 1. The molecule has 4 heterocycles. The van der Waals surface area contributed by atoms with Gasteiger partial charge in [-0.2, -0.15) is 10.4 Å². The van der Waals surface area contributed by atoms with E-state index >= 15 is 0 Å². The largest absolute Gasteiger partial charge is 0.486 e. The van der Waals surface area contributed by atoms with E-state index in [2.05, 4.69) is 26.1 Å². The normalized spacial score (nSPS) is 10.8. The number of fused-ring (bicyclic) bond motifs is 1.